The van der Waals surface area contributed by atoms with Crippen molar-refractivity contribution >= 4 is 63.2 Å². The second-order valence-electron chi connectivity index (χ2n) is 14.4. The van der Waals surface area contributed by atoms with E-state index in [2.05, 4.69) is 0 Å². The molecule has 22 heteroatoms. The third kappa shape index (κ3) is 6.66. The zero-order valence-electron chi connectivity index (χ0n) is 28.3. The molecule has 288 valence electrons. The summed E-state index contributed by atoms with van der Waals surface area (Å²) in [6, 6.07) is 0. The first kappa shape index (κ1) is 42.7. The number of rotatable bonds is 5. The molecule has 1 heterocycles. The Bertz CT molecular complexity index is 1750. The fourth-order valence-corrected chi connectivity index (χ4v) is 25.5. The van der Waals surface area contributed by atoms with Crippen molar-refractivity contribution in [3.05, 3.63) is 87.3 Å². The summed E-state index contributed by atoms with van der Waals surface area (Å²) in [6.07, 6.45) is -6.15. The van der Waals surface area contributed by atoms with Crippen molar-refractivity contribution < 1.29 is 68.9 Å². The molecule has 1 aliphatic rings. The Morgan fingerprint density at radius 2 is 0.635 bits per heavy atom. The third-order valence-corrected chi connectivity index (χ3v) is 30.1. The van der Waals surface area contributed by atoms with Gasteiger partial charge in [0.15, 0.2) is 0 Å². The van der Waals surface area contributed by atoms with E-state index in [0.29, 0.717) is 0 Å². The molecule has 1 fully saturated rings. The first-order chi connectivity index (χ1) is 23.5. The van der Waals surface area contributed by atoms with Crippen LogP contribution >= 0.6 is 0 Å². The molecule has 0 bridgehead atoms. The Morgan fingerprint density at radius 1 is 0.423 bits per heavy atom. The van der Waals surface area contributed by atoms with Crippen LogP contribution in [0.5, 0.6) is 0 Å². The Morgan fingerprint density at radius 3 is 0.827 bits per heavy atom. The monoisotopic (exact) mass is 1000 g/mol. The van der Waals surface area contributed by atoms with E-state index in [1.807, 2.05) is 0 Å². The average Bonchev–Trinajstić information content (AvgIpc) is 3.00. The van der Waals surface area contributed by atoms with Crippen LogP contribution in [0.1, 0.15) is 62.3 Å². The van der Waals surface area contributed by atoms with E-state index in [0.717, 1.165) is 0 Å². The van der Waals surface area contributed by atoms with Crippen LogP contribution in [-0.4, -0.2) is 66.2 Å². The quantitative estimate of drug-likeness (QED) is 0.119. The van der Waals surface area contributed by atoms with E-state index in [1.54, 1.807) is 20.8 Å². The summed E-state index contributed by atoms with van der Waals surface area (Å²) in [5, 5.41) is 0. The van der Waals surface area contributed by atoms with Gasteiger partial charge in [-0.05, 0) is 0 Å². The summed E-state index contributed by atoms with van der Waals surface area (Å²) >= 11 is -8.37. The fourth-order valence-electron chi connectivity index (χ4n) is 5.22. The van der Waals surface area contributed by atoms with Gasteiger partial charge >= 0.3 is 304 Å². The molecular formula is C30H27BF15N3OTe2. The predicted molar refractivity (Wildman–Crippen MR) is 161 cm³/mol. The van der Waals surface area contributed by atoms with Gasteiger partial charge in [0, 0.05) is 0 Å². The van der Waals surface area contributed by atoms with Crippen molar-refractivity contribution in [1.82, 2.24) is 2.80 Å². The van der Waals surface area contributed by atoms with Gasteiger partial charge in [-0.3, -0.25) is 0 Å². The zero-order valence-corrected chi connectivity index (χ0v) is 33.0. The number of nitrogens with zero attached hydrogens (tertiary/aromatic N) is 3. The molecule has 4 rings (SSSR count). The minimum atomic E-state index is -6.15. The van der Waals surface area contributed by atoms with Crippen LogP contribution in [0.4, 0.5) is 65.9 Å². The molecule has 3 aromatic carbocycles. The first-order valence-electron chi connectivity index (χ1n) is 14.7. The molecule has 3 aromatic rings. The topological polar surface area (TPSA) is 28.1 Å². The maximum atomic E-state index is 16.1. The van der Waals surface area contributed by atoms with Gasteiger partial charge in [-0.25, -0.2) is 0 Å². The molecule has 4 nitrogen and oxygen atoms in total. The van der Waals surface area contributed by atoms with Crippen LogP contribution < -0.4 is 16.4 Å². The van der Waals surface area contributed by atoms with Gasteiger partial charge in [0.2, 0.25) is 0 Å². The van der Waals surface area contributed by atoms with Crippen LogP contribution in [0, 0.1) is 87.3 Å². The SMILES string of the molecule is CC(C)(C)N=[Te]1N(C(C)(C)C)[Te+](O[B-](c2c(F)c(F)c(F)c(F)c2F)(c2c(F)c(F)c(F)c(F)c2F)c2c(F)c(F)c(F)c(F)c2F)N1C(C)(C)C. The molecule has 1 saturated heterocycles. The van der Waals surface area contributed by atoms with E-state index in [-0.39, 0.29) is 0 Å². The summed E-state index contributed by atoms with van der Waals surface area (Å²) in [4.78, 5) is 0. The molecule has 0 aromatic heterocycles. The summed E-state index contributed by atoms with van der Waals surface area (Å²) in [5.41, 5.74) is -11.8. The number of hydrogen-bond donors (Lipinski definition) is 0. The Balaban J connectivity index is 2.46. The van der Waals surface area contributed by atoms with Crippen LogP contribution in [0.15, 0.2) is 3.18 Å². The van der Waals surface area contributed by atoms with Crippen molar-refractivity contribution in [3.63, 3.8) is 0 Å². The molecule has 0 atom stereocenters. The van der Waals surface area contributed by atoms with Gasteiger partial charge in [-0.15, -0.1) is 0 Å². The molecular weight excluding hydrogens is 969 g/mol. The fraction of sp³-hybridized carbons (Fsp3) is 0.400. The van der Waals surface area contributed by atoms with Crippen molar-refractivity contribution in [2.75, 3.05) is 0 Å². The molecule has 0 aliphatic carbocycles. The Kier molecular flexibility index (Phi) is 11.4. The first-order valence-corrected chi connectivity index (χ1v) is 20.8. The van der Waals surface area contributed by atoms with Crippen LogP contribution in [0.3, 0.4) is 0 Å². The van der Waals surface area contributed by atoms with Gasteiger partial charge in [0.25, 0.3) is 0 Å². The summed E-state index contributed by atoms with van der Waals surface area (Å²) in [7, 11) is 0. The molecule has 0 radical (unpaired) electrons. The normalized spacial score (nSPS) is 15.8. The van der Waals surface area contributed by atoms with Gasteiger partial charge < -0.3 is 0 Å². The second kappa shape index (κ2) is 13.9. The van der Waals surface area contributed by atoms with Gasteiger partial charge in [0.05, 0.1) is 0 Å². The minimum absolute atomic E-state index is 0.902. The Hall–Kier alpha value is -2.07. The van der Waals surface area contributed by atoms with E-state index in [9.17, 15) is 13.2 Å². The van der Waals surface area contributed by atoms with E-state index < -0.39 is 167 Å². The van der Waals surface area contributed by atoms with Crippen molar-refractivity contribution in [3.8, 4) is 0 Å². The van der Waals surface area contributed by atoms with E-state index in [1.165, 1.54) is 44.3 Å². The maximum absolute atomic E-state index is 16.1. The molecule has 0 unspecified atom stereocenters. The summed E-state index contributed by atoms with van der Waals surface area (Å²) in [6.45, 7) is 13.6. The van der Waals surface area contributed by atoms with Gasteiger partial charge in [0.1, 0.15) is 0 Å². The van der Waals surface area contributed by atoms with Crippen LogP contribution in [0.2, 0.25) is 0 Å². The molecule has 0 spiro atoms. The van der Waals surface area contributed by atoms with Gasteiger partial charge in [-0.1, -0.05) is 0 Å². The summed E-state index contributed by atoms with van der Waals surface area (Å²) < 4.78 is 243. The van der Waals surface area contributed by atoms with E-state index >= 15 is 52.7 Å². The molecule has 0 saturated carbocycles. The average molecular weight is 997 g/mol. The summed E-state index contributed by atoms with van der Waals surface area (Å²) in [5.74, 6) is -46.1. The standard InChI is InChI=1S/C30H27BF15N3OTe2/c1-28(2,3)47-51-48(29(4,5)6)52(49(51)30(7,8)9)50-31(10-13(32)19(38)25(44)20(39)14(10)33,11-15(34)21(40)26(45)22(41)16(11)35)12-17(36)23(42)27(46)24(43)18(12)37/h1-9H3. The van der Waals surface area contributed by atoms with Crippen LogP contribution in [0.25, 0.3) is 0 Å². The predicted octanol–water partition coefficient (Wildman–Crippen LogP) is 7.01. The van der Waals surface area contributed by atoms with Crippen LogP contribution in [-0.2, 0) is 3.02 Å². The second-order valence-corrected chi connectivity index (χ2v) is 26.9. The van der Waals surface area contributed by atoms with Crippen molar-refractivity contribution in [2.24, 2.45) is 3.18 Å². The number of hydrogen-bond acceptors (Lipinski definition) is 2. The number of benzene rings is 3. The van der Waals surface area contributed by atoms with E-state index in [4.69, 9.17) is 6.20 Å². The molecule has 0 amide bonds. The molecule has 0 N–H and O–H groups in total. The number of halogens is 15. The Labute approximate surface area is 303 Å². The third-order valence-electron chi connectivity index (χ3n) is 7.21. The van der Waals surface area contributed by atoms with Crippen molar-refractivity contribution in [2.45, 2.75) is 78.9 Å². The van der Waals surface area contributed by atoms with Gasteiger partial charge in [-0.2, -0.15) is 0 Å². The zero-order chi connectivity index (χ0) is 40.1. The van der Waals surface area contributed by atoms with Crippen molar-refractivity contribution in [1.29, 1.82) is 0 Å². The molecule has 1 aliphatic heterocycles. The molecule has 52 heavy (non-hydrogen) atoms.